The maximum absolute atomic E-state index is 5.98. The van der Waals surface area contributed by atoms with E-state index in [1.165, 1.54) is 45.2 Å². The molecule has 0 aromatic carbocycles. The Balaban J connectivity index is 1.39. The Hall–Kier alpha value is 0.610. The van der Waals surface area contributed by atoms with Crippen molar-refractivity contribution in [1.29, 1.82) is 0 Å². The van der Waals surface area contributed by atoms with Gasteiger partial charge < -0.3 is 0 Å². The number of nitrogens with zero attached hydrogens (tertiary/aromatic N) is 2. The van der Waals surface area contributed by atoms with Crippen molar-refractivity contribution in [2.24, 2.45) is 17.7 Å². The molecular formula is C12H21IN3-. The summed E-state index contributed by atoms with van der Waals surface area (Å²) in [4.78, 5) is 0. The van der Waals surface area contributed by atoms with Gasteiger partial charge in [0.25, 0.3) is 0 Å². The third kappa shape index (κ3) is 1.56. The molecule has 2 heterocycles. The Bertz CT molecular complexity index is 296. The number of rotatable bonds is 2. The first-order valence-electron chi connectivity index (χ1n) is 6.71. The van der Waals surface area contributed by atoms with E-state index in [4.69, 9.17) is 5.84 Å². The summed E-state index contributed by atoms with van der Waals surface area (Å²) in [5.41, 5.74) is 0. The van der Waals surface area contributed by atoms with E-state index < -0.39 is 0 Å². The van der Waals surface area contributed by atoms with Crippen LogP contribution in [0.2, 0.25) is 0 Å². The normalized spacial score (nSPS) is 52.2. The van der Waals surface area contributed by atoms with Gasteiger partial charge in [-0.05, 0) is 0 Å². The number of alkyl halides is 1. The molecule has 4 bridgehead atoms. The molecule has 0 aromatic heterocycles. The van der Waals surface area contributed by atoms with Crippen molar-refractivity contribution in [2.45, 2.75) is 48.1 Å². The Morgan fingerprint density at radius 3 is 2.50 bits per heavy atom. The van der Waals surface area contributed by atoms with Crippen LogP contribution in [0, 0.1) is 11.8 Å². The zero-order valence-corrected chi connectivity index (χ0v) is 11.8. The number of hydrogen-bond acceptors (Lipinski definition) is 3. The summed E-state index contributed by atoms with van der Waals surface area (Å²) in [7, 11) is 0. The fraction of sp³-hybridized carbons (Fsp3) is 1.00. The van der Waals surface area contributed by atoms with Crippen molar-refractivity contribution < 1.29 is 21.5 Å². The van der Waals surface area contributed by atoms with Crippen LogP contribution in [0.15, 0.2) is 0 Å². The first-order chi connectivity index (χ1) is 7.79. The molecule has 2 aliphatic carbocycles. The van der Waals surface area contributed by atoms with Gasteiger partial charge >= 0.3 is 108 Å². The van der Waals surface area contributed by atoms with Crippen molar-refractivity contribution in [1.82, 2.24) is 8.12 Å². The summed E-state index contributed by atoms with van der Waals surface area (Å²) < 4.78 is 3.99. The first-order valence-corrected chi connectivity index (χ1v) is 8.92. The van der Waals surface area contributed by atoms with Gasteiger partial charge in [-0.25, -0.2) is 0 Å². The van der Waals surface area contributed by atoms with Gasteiger partial charge in [0, 0.05) is 0 Å². The van der Waals surface area contributed by atoms with E-state index in [0.29, 0.717) is 21.5 Å². The molecule has 16 heavy (non-hydrogen) atoms. The summed E-state index contributed by atoms with van der Waals surface area (Å²) in [5.74, 6) is 8.02. The molecule has 3 nitrogen and oxygen atoms in total. The molecule has 4 rings (SSSR count). The van der Waals surface area contributed by atoms with E-state index >= 15 is 0 Å². The van der Waals surface area contributed by atoms with Gasteiger partial charge in [0.15, 0.2) is 0 Å². The number of fused-ring (bicyclic) bond motifs is 4. The predicted octanol–water partition coefficient (Wildman–Crippen LogP) is -2.19. The van der Waals surface area contributed by atoms with E-state index in [-0.39, 0.29) is 0 Å². The molecule has 2 saturated heterocycles. The van der Waals surface area contributed by atoms with Crippen LogP contribution in [0.3, 0.4) is 0 Å². The average molecular weight is 334 g/mol. The standard InChI is InChI=1S/C12H21IN3/c14-16-7-9-4-11(16)5-12(9)13-15-6-8-1-2-10(15)3-8/h8-12H,1-7,14H2/q-1. The Morgan fingerprint density at radius 1 is 1.00 bits per heavy atom. The summed E-state index contributed by atoms with van der Waals surface area (Å²) in [6.07, 6.45) is 7.39. The molecular weight excluding hydrogens is 313 g/mol. The zero-order valence-electron chi connectivity index (χ0n) is 9.69. The number of nitrogens with two attached hydrogens (primary N) is 1. The van der Waals surface area contributed by atoms with Crippen LogP contribution in [-0.2, 0) is 0 Å². The van der Waals surface area contributed by atoms with Gasteiger partial charge in [0.05, 0.1) is 0 Å². The topological polar surface area (TPSA) is 32.5 Å². The minimum atomic E-state index is 0.317. The summed E-state index contributed by atoms with van der Waals surface area (Å²) >= 11 is 0.317. The van der Waals surface area contributed by atoms with Gasteiger partial charge in [-0.1, -0.05) is 0 Å². The van der Waals surface area contributed by atoms with Crippen LogP contribution in [0.5, 0.6) is 0 Å². The summed E-state index contributed by atoms with van der Waals surface area (Å²) in [6.45, 7) is 2.65. The van der Waals surface area contributed by atoms with Crippen LogP contribution < -0.4 is 27.3 Å². The van der Waals surface area contributed by atoms with Crippen molar-refractivity contribution in [2.75, 3.05) is 13.1 Å². The van der Waals surface area contributed by atoms with Crippen LogP contribution in [0.25, 0.3) is 0 Å². The molecule has 2 aliphatic heterocycles. The number of piperidine rings is 2. The number of halogens is 1. The second kappa shape index (κ2) is 3.80. The fourth-order valence-corrected chi connectivity index (χ4v) is 8.64. The van der Waals surface area contributed by atoms with Crippen molar-refractivity contribution in [3.63, 3.8) is 0 Å². The number of hydrazine groups is 1. The predicted molar refractivity (Wildman–Crippen MR) is 59.0 cm³/mol. The second-order valence-electron chi connectivity index (χ2n) is 6.11. The Labute approximate surface area is 108 Å². The van der Waals surface area contributed by atoms with Crippen LogP contribution in [0.1, 0.15) is 32.1 Å². The van der Waals surface area contributed by atoms with E-state index in [9.17, 15) is 0 Å². The first kappa shape index (κ1) is 10.5. The molecule has 0 radical (unpaired) electrons. The third-order valence-electron chi connectivity index (χ3n) is 5.09. The molecule has 4 aliphatic rings. The molecule has 2 saturated carbocycles. The van der Waals surface area contributed by atoms with E-state index in [1.54, 1.807) is 0 Å². The van der Waals surface area contributed by atoms with Gasteiger partial charge in [0.2, 0.25) is 0 Å². The van der Waals surface area contributed by atoms with Crippen LogP contribution in [-0.4, -0.2) is 37.2 Å². The molecule has 5 atom stereocenters. The third-order valence-corrected chi connectivity index (χ3v) is 9.23. The molecule has 4 fully saturated rings. The van der Waals surface area contributed by atoms with Crippen LogP contribution in [0.4, 0.5) is 0 Å². The van der Waals surface area contributed by atoms with Gasteiger partial charge in [0.1, 0.15) is 0 Å². The maximum atomic E-state index is 5.98. The van der Waals surface area contributed by atoms with E-state index in [0.717, 1.165) is 27.8 Å². The molecule has 92 valence electrons. The zero-order chi connectivity index (χ0) is 10.7. The summed E-state index contributed by atoms with van der Waals surface area (Å²) in [6, 6.07) is 1.75. The summed E-state index contributed by atoms with van der Waals surface area (Å²) in [5, 5.41) is 2.11. The van der Waals surface area contributed by atoms with Crippen molar-refractivity contribution in [3.05, 3.63) is 0 Å². The molecule has 0 amide bonds. The molecule has 0 spiro atoms. The molecule has 0 aromatic rings. The van der Waals surface area contributed by atoms with E-state index in [2.05, 4.69) is 8.12 Å². The van der Waals surface area contributed by atoms with Crippen molar-refractivity contribution in [3.8, 4) is 0 Å². The van der Waals surface area contributed by atoms with Gasteiger partial charge in [-0.15, -0.1) is 0 Å². The average Bonchev–Trinajstić information content (AvgIpc) is 2.96. The monoisotopic (exact) mass is 334 g/mol. The van der Waals surface area contributed by atoms with Crippen LogP contribution >= 0.6 is 0 Å². The van der Waals surface area contributed by atoms with Gasteiger partial charge in [-0.2, -0.15) is 0 Å². The fourth-order valence-electron chi connectivity index (χ4n) is 4.19. The molecule has 5 unspecified atom stereocenters. The Kier molecular flexibility index (Phi) is 2.50. The Morgan fingerprint density at radius 2 is 1.94 bits per heavy atom. The molecule has 2 N–H and O–H groups in total. The SMILES string of the molecule is NN1CC2CC1CC2[I-]N1CC2CCC1C2. The quantitative estimate of drug-likeness (QED) is 0.270. The molecule has 4 heteroatoms. The van der Waals surface area contributed by atoms with E-state index in [1.807, 2.05) is 0 Å². The van der Waals surface area contributed by atoms with Gasteiger partial charge in [-0.3, -0.25) is 0 Å². The number of hydrogen-bond donors (Lipinski definition) is 1. The second-order valence-corrected chi connectivity index (χ2v) is 9.51. The van der Waals surface area contributed by atoms with Crippen molar-refractivity contribution >= 4 is 0 Å². The minimum absolute atomic E-state index is 0.317.